The van der Waals surface area contributed by atoms with E-state index in [1.54, 1.807) is 0 Å². The molecule has 0 radical (unpaired) electrons. The van der Waals surface area contributed by atoms with Gasteiger partial charge < -0.3 is 0 Å². The summed E-state index contributed by atoms with van der Waals surface area (Å²) in [6, 6.07) is 45.0. The molecule has 7 aromatic rings. The Morgan fingerprint density at radius 2 is 1.02 bits per heavy atom. The molecule has 0 amide bonds. The third-order valence-corrected chi connectivity index (χ3v) is 10.8. The second-order valence-electron chi connectivity index (χ2n) is 14.6. The first-order chi connectivity index (χ1) is 23.7. The molecule has 2 nitrogen and oxygen atoms in total. The molecule has 2 heteroatoms. The number of hydrogen-bond donors (Lipinski definition) is 0. The van der Waals surface area contributed by atoms with Crippen molar-refractivity contribution >= 4 is 10.8 Å². The summed E-state index contributed by atoms with van der Waals surface area (Å²) < 4.78 is 0. The van der Waals surface area contributed by atoms with Crippen molar-refractivity contribution in [2.24, 2.45) is 0 Å². The van der Waals surface area contributed by atoms with E-state index in [1.807, 2.05) is 36.4 Å². The summed E-state index contributed by atoms with van der Waals surface area (Å²) in [5.41, 5.74) is 16.5. The molecule has 0 aliphatic heterocycles. The maximum absolute atomic E-state index is 5.00. The zero-order valence-electron chi connectivity index (χ0n) is 28.5. The number of rotatable bonds is 3. The summed E-state index contributed by atoms with van der Waals surface area (Å²) in [6.07, 6.45) is 0. The van der Waals surface area contributed by atoms with Gasteiger partial charge in [0.2, 0.25) is 0 Å². The van der Waals surface area contributed by atoms with Crippen molar-refractivity contribution in [2.45, 2.75) is 45.4 Å². The number of benzene rings is 6. The lowest BCUT2D eigenvalue weighted by Gasteiger charge is -2.35. The van der Waals surface area contributed by atoms with Crippen LogP contribution in [0, 0.1) is 18.8 Å². The first-order valence-electron chi connectivity index (χ1n) is 17.1. The summed E-state index contributed by atoms with van der Waals surface area (Å²) in [5.74, 6) is 7.78. The van der Waals surface area contributed by atoms with Gasteiger partial charge in [-0.2, -0.15) is 0 Å². The quantitative estimate of drug-likeness (QED) is 0.182. The monoisotopic (exact) mass is 628 g/mol. The Kier molecular flexibility index (Phi) is 6.36. The molecular weight excluding hydrogens is 593 g/mol. The van der Waals surface area contributed by atoms with Crippen LogP contribution in [0.1, 0.15) is 66.6 Å². The van der Waals surface area contributed by atoms with Gasteiger partial charge >= 0.3 is 0 Å². The molecule has 2 aliphatic rings. The highest BCUT2D eigenvalue weighted by molar-refractivity contribution is 6.09. The van der Waals surface area contributed by atoms with Crippen LogP contribution < -0.4 is 0 Å². The first kappa shape index (κ1) is 29.4. The van der Waals surface area contributed by atoms with Gasteiger partial charge in [-0.15, -0.1) is 0 Å². The van der Waals surface area contributed by atoms with Crippen LogP contribution in [0.2, 0.25) is 0 Å². The predicted octanol–water partition coefficient (Wildman–Crippen LogP) is 11.3. The van der Waals surface area contributed by atoms with Crippen LogP contribution in [0.4, 0.5) is 0 Å². The number of aromatic nitrogens is 2. The second kappa shape index (κ2) is 10.6. The van der Waals surface area contributed by atoms with E-state index in [0.29, 0.717) is 5.82 Å². The third-order valence-electron chi connectivity index (χ3n) is 10.8. The Morgan fingerprint density at radius 3 is 1.67 bits per heavy atom. The highest BCUT2D eigenvalue weighted by Gasteiger charge is 2.45. The largest absolute Gasteiger partial charge is 0.228 e. The molecule has 49 heavy (non-hydrogen) atoms. The van der Waals surface area contributed by atoms with Gasteiger partial charge in [-0.3, -0.25) is 0 Å². The predicted molar refractivity (Wildman–Crippen MR) is 203 cm³/mol. The molecule has 234 valence electrons. The summed E-state index contributed by atoms with van der Waals surface area (Å²) in [6.45, 7) is 11.8. The minimum atomic E-state index is -0.129. The van der Waals surface area contributed by atoms with Crippen LogP contribution >= 0.6 is 0 Å². The SMILES string of the molecule is Cc1cc2c3c4c(cccc14)C(C)(C)c1cc(C#Cc4ccc(-c5cc(-c6ccccc6)nc(-c6ccccc6)n5)cc4)cc(c1-3)C2(C)C. The lowest BCUT2D eigenvalue weighted by Crippen LogP contribution is -2.24. The van der Waals surface area contributed by atoms with Crippen molar-refractivity contribution in [3.05, 3.63) is 166 Å². The van der Waals surface area contributed by atoms with E-state index in [0.717, 1.165) is 39.2 Å². The molecule has 0 N–H and O–H groups in total. The van der Waals surface area contributed by atoms with Crippen molar-refractivity contribution in [1.29, 1.82) is 0 Å². The van der Waals surface area contributed by atoms with Crippen LogP contribution in [0.15, 0.2) is 127 Å². The summed E-state index contributed by atoms with van der Waals surface area (Å²) in [5, 5.41) is 2.82. The van der Waals surface area contributed by atoms with E-state index in [4.69, 9.17) is 9.97 Å². The Labute approximate surface area is 288 Å². The average molecular weight is 629 g/mol. The molecule has 0 saturated heterocycles. The molecule has 1 aromatic heterocycles. The smallest absolute Gasteiger partial charge is 0.160 e. The Bertz CT molecular complexity index is 2470. The van der Waals surface area contributed by atoms with Gasteiger partial charge in [0.25, 0.3) is 0 Å². The van der Waals surface area contributed by atoms with Gasteiger partial charge in [0, 0.05) is 38.6 Å². The van der Waals surface area contributed by atoms with Crippen LogP contribution in [-0.4, -0.2) is 9.97 Å². The Hall–Kier alpha value is -5.78. The summed E-state index contributed by atoms with van der Waals surface area (Å²) in [4.78, 5) is 9.93. The standard InChI is InChI=1S/C47H36N2/c1-29-25-37-44-42-35(29)17-12-18-36(42)46(2,3)38-26-31(27-39(43(38)44)47(37,4)5)20-19-30-21-23-33(24-22-30)41-28-40(32-13-8-6-9-14-32)48-45(49-41)34-15-10-7-11-16-34/h6-18,21-28H,1-5H3. The lowest BCUT2D eigenvalue weighted by molar-refractivity contribution is 0.639. The maximum Gasteiger partial charge on any atom is 0.160 e. The minimum absolute atomic E-state index is 0.0972. The van der Waals surface area contributed by atoms with E-state index < -0.39 is 0 Å². The fourth-order valence-electron chi connectivity index (χ4n) is 8.12. The number of nitrogens with zero attached hydrogens (tertiary/aromatic N) is 2. The van der Waals surface area contributed by atoms with Gasteiger partial charge in [-0.05, 0) is 87.0 Å². The molecular formula is C47H36N2. The zero-order valence-corrected chi connectivity index (χ0v) is 28.5. The van der Waals surface area contributed by atoms with Crippen LogP contribution in [0.5, 0.6) is 0 Å². The topological polar surface area (TPSA) is 25.8 Å². The molecule has 0 bridgehead atoms. The fraction of sp³-hybridized carbons (Fsp3) is 0.149. The van der Waals surface area contributed by atoms with Gasteiger partial charge in [0.15, 0.2) is 5.82 Å². The van der Waals surface area contributed by atoms with E-state index >= 15 is 0 Å². The van der Waals surface area contributed by atoms with Gasteiger partial charge in [-0.1, -0.05) is 137 Å². The average Bonchev–Trinajstić information content (AvgIpc) is 3.36. The van der Waals surface area contributed by atoms with Crippen molar-refractivity contribution in [1.82, 2.24) is 9.97 Å². The normalized spacial score (nSPS) is 14.4. The van der Waals surface area contributed by atoms with Gasteiger partial charge in [0.05, 0.1) is 11.4 Å². The molecule has 1 heterocycles. The highest BCUT2D eigenvalue weighted by Crippen LogP contribution is 2.60. The van der Waals surface area contributed by atoms with Crippen LogP contribution in [0.3, 0.4) is 0 Å². The van der Waals surface area contributed by atoms with Gasteiger partial charge in [0.1, 0.15) is 0 Å². The lowest BCUT2D eigenvalue weighted by atomic mass is 9.68. The van der Waals surface area contributed by atoms with Crippen molar-refractivity contribution in [2.75, 3.05) is 0 Å². The van der Waals surface area contributed by atoms with E-state index in [2.05, 4.69) is 137 Å². The Balaban J connectivity index is 1.11. The van der Waals surface area contributed by atoms with Crippen molar-refractivity contribution < 1.29 is 0 Å². The Morgan fingerprint density at radius 1 is 0.469 bits per heavy atom. The van der Waals surface area contributed by atoms with Crippen LogP contribution in [0.25, 0.3) is 55.8 Å². The molecule has 2 aliphatic carbocycles. The maximum atomic E-state index is 5.00. The zero-order chi connectivity index (χ0) is 33.5. The summed E-state index contributed by atoms with van der Waals surface area (Å²) in [7, 11) is 0. The van der Waals surface area contributed by atoms with Gasteiger partial charge in [-0.25, -0.2) is 9.97 Å². The molecule has 9 rings (SSSR count). The van der Waals surface area contributed by atoms with Crippen molar-refractivity contribution in [3.63, 3.8) is 0 Å². The molecule has 0 fully saturated rings. The third kappa shape index (κ3) is 4.50. The fourth-order valence-corrected chi connectivity index (χ4v) is 8.12. The molecule has 0 saturated carbocycles. The number of hydrogen-bond acceptors (Lipinski definition) is 2. The highest BCUT2D eigenvalue weighted by atomic mass is 14.9. The minimum Gasteiger partial charge on any atom is -0.228 e. The second-order valence-corrected chi connectivity index (χ2v) is 14.6. The van der Waals surface area contributed by atoms with E-state index in [1.165, 1.54) is 49.7 Å². The molecule has 6 aromatic carbocycles. The molecule has 0 spiro atoms. The summed E-state index contributed by atoms with van der Waals surface area (Å²) >= 11 is 0. The number of aryl methyl sites for hydroxylation is 1. The van der Waals surface area contributed by atoms with E-state index in [-0.39, 0.29) is 10.8 Å². The molecule has 0 unspecified atom stereocenters. The first-order valence-corrected chi connectivity index (χ1v) is 17.1. The van der Waals surface area contributed by atoms with Crippen LogP contribution in [-0.2, 0) is 10.8 Å². The van der Waals surface area contributed by atoms with Crippen molar-refractivity contribution in [3.8, 4) is 56.9 Å². The molecule has 0 atom stereocenters. The van der Waals surface area contributed by atoms with E-state index in [9.17, 15) is 0 Å².